The topological polar surface area (TPSA) is 20.3 Å². The third-order valence-electron chi connectivity index (χ3n) is 3.30. The lowest BCUT2D eigenvalue weighted by Crippen LogP contribution is -2.16. The first-order chi connectivity index (χ1) is 8.78. The number of aldehydes is 1. The highest BCUT2D eigenvalue weighted by Gasteiger charge is 2.20. The Hall–Kier alpha value is -1.61. The van der Waals surface area contributed by atoms with Crippen molar-refractivity contribution in [2.75, 3.05) is 4.90 Å². The summed E-state index contributed by atoms with van der Waals surface area (Å²) in [5.74, 6) is 0. The molecule has 2 nitrogen and oxygen atoms in total. The summed E-state index contributed by atoms with van der Waals surface area (Å²) in [6, 6.07) is 14.3. The SMILES string of the molecule is O=Cc1cc(Br)ccc1N1Cc2ccccc2C1. The Morgan fingerprint density at radius 1 is 1.06 bits per heavy atom. The molecule has 0 spiro atoms. The highest BCUT2D eigenvalue weighted by Crippen LogP contribution is 2.31. The van der Waals surface area contributed by atoms with E-state index in [4.69, 9.17) is 0 Å². The summed E-state index contributed by atoms with van der Waals surface area (Å²) in [5, 5.41) is 0. The zero-order valence-corrected chi connectivity index (χ0v) is 11.4. The molecule has 0 radical (unpaired) electrons. The molecule has 0 atom stereocenters. The molecule has 3 heteroatoms. The van der Waals surface area contributed by atoms with Gasteiger partial charge in [-0.25, -0.2) is 0 Å². The molecule has 0 saturated carbocycles. The van der Waals surface area contributed by atoms with E-state index in [0.717, 1.165) is 35.1 Å². The van der Waals surface area contributed by atoms with Gasteiger partial charge in [-0.15, -0.1) is 0 Å². The van der Waals surface area contributed by atoms with E-state index >= 15 is 0 Å². The van der Waals surface area contributed by atoms with Gasteiger partial charge in [-0.2, -0.15) is 0 Å². The number of carbonyl (C=O) groups is 1. The molecule has 18 heavy (non-hydrogen) atoms. The summed E-state index contributed by atoms with van der Waals surface area (Å²) in [6.45, 7) is 1.75. The van der Waals surface area contributed by atoms with E-state index in [-0.39, 0.29) is 0 Å². The van der Waals surface area contributed by atoms with Gasteiger partial charge in [0.25, 0.3) is 0 Å². The lowest BCUT2D eigenvalue weighted by Gasteiger charge is -2.19. The van der Waals surface area contributed by atoms with Crippen molar-refractivity contribution in [3.05, 3.63) is 63.6 Å². The first-order valence-corrected chi connectivity index (χ1v) is 6.63. The highest BCUT2D eigenvalue weighted by molar-refractivity contribution is 9.10. The third kappa shape index (κ3) is 1.95. The Morgan fingerprint density at radius 3 is 2.33 bits per heavy atom. The van der Waals surface area contributed by atoms with Gasteiger partial charge >= 0.3 is 0 Å². The van der Waals surface area contributed by atoms with Gasteiger partial charge in [-0.3, -0.25) is 4.79 Å². The molecule has 2 aromatic carbocycles. The second-order valence-electron chi connectivity index (χ2n) is 4.45. The maximum Gasteiger partial charge on any atom is 0.152 e. The number of hydrogen-bond donors (Lipinski definition) is 0. The highest BCUT2D eigenvalue weighted by atomic mass is 79.9. The van der Waals surface area contributed by atoms with Crippen LogP contribution in [0.4, 0.5) is 5.69 Å². The molecule has 0 aromatic heterocycles. The van der Waals surface area contributed by atoms with Crippen LogP contribution in [0.15, 0.2) is 46.9 Å². The lowest BCUT2D eigenvalue weighted by atomic mass is 10.1. The van der Waals surface area contributed by atoms with E-state index in [2.05, 4.69) is 45.1 Å². The molecular weight excluding hydrogens is 290 g/mol. The third-order valence-corrected chi connectivity index (χ3v) is 3.79. The molecule has 1 aliphatic heterocycles. The molecule has 3 rings (SSSR count). The van der Waals surface area contributed by atoms with Crippen LogP contribution >= 0.6 is 15.9 Å². The average molecular weight is 302 g/mol. The normalized spacial score (nSPS) is 13.5. The van der Waals surface area contributed by atoms with Crippen molar-refractivity contribution in [3.63, 3.8) is 0 Å². The molecule has 0 saturated heterocycles. The van der Waals surface area contributed by atoms with Gasteiger partial charge in [0.05, 0.1) is 0 Å². The van der Waals surface area contributed by atoms with Crippen LogP contribution < -0.4 is 4.90 Å². The average Bonchev–Trinajstić information content (AvgIpc) is 2.82. The lowest BCUT2D eigenvalue weighted by molar-refractivity contribution is 0.112. The number of halogens is 1. The van der Waals surface area contributed by atoms with Gasteiger partial charge in [-0.05, 0) is 29.3 Å². The summed E-state index contributed by atoms with van der Waals surface area (Å²) < 4.78 is 0.935. The van der Waals surface area contributed by atoms with Gasteiger partial charge in [0, 0.05) is 28.8 Å². The van der Waals surface area contributed by atoms with Crippen molar-refractivity contribution in [1.82, 2.24) is 0 Å². The minimum Gasteiger partial charge on any atom is -0.362 e. The Balaban J connectivity index is 1.97. The predicted octanol–water partition coefficient (Wildman–Crippen LogP) is 3.78. The number of fused-ring (bicyclic) bond motifs is 1. The monoisotopic (exact) mass is 301 g/mol. The molecule has 0 aliphatic carbocycles. The van der Waals surface area contributed by atoms with E-state index in [9.17, 15) is 4.79 Å². The van der Waals surface area contributed by atoms with Gasteiger partial charge in [-0.1, -0.05) is 40.2 Å². The van der Waals surface area contributed by atoms with Crippen LogP contribution in [-0.4, -0.2) is 6.29 Å². The Kier molecular flexibility index (Phi) is 2.92. The van der Waals surface area contributed by atoms with Crippen LogP contribution in [-0.2, 0) is 13.1 Å². The smallest absolute Gasteiger partial charge is 0.152 e. The van der Waals surface area contributed by atoms with Gasteiger partial charge in [0.15, 0.2) is 6.29 Å². The number of anilines is 1. The predicted molar refractivity (Wildman–Crippen MR) is 75.9 cm³/mol. The van der Waals surface area contributed by atoms with Crippen molar-refractivity contribution in [2.45, 2.75) is 13.1 Å². The molecule has 2 aromatic rings. The van der Waals surface area contributed by atoms with Gasteiger partial charge in [0.2, 0.25) is 0 Å². The van der Waals surface area contributed by atoms with Crippen molar-refractivity contribution in [1.29, 1.82) is 0 Å². The van der Waals surface area contributed by atoms with E-state index in [1.165, 1.54) is 11.1 Å². The fraction of sp³-hybridized carbons (Fsp3) is 0.133. The van der Waals surface area contributed by atoms with E-state index in [1.807, 2.05) is 18.2 Å². The Morgan fingerprint density at radius 2 is 1.72 bits per heavy atom. The second kappa shape index (κ2) is 4.58. The number of carbonyl (C=O) groups excluding carboxylic acids is 1. The number of rotatable bonds is 2. The fourth-order valence-corrected chi connectivity index (χ4v) is 2.79. The van der Waals surface area contributed by atoms with Crippen molar-refractivity contribution < 1.29 is 4.79 Å². The molecule has 1 aliphatic rings. The quantitative estimate of drug-likeness (QED) is 0.787. The minimum atomic E-state index is 0.734. The molecule has 0 N–H and O–H groups in total. The number of nitrogens with zero attached hydrogens (tertiary/aromatic N) is 1. The molecule has 0 fully saturated rings. The summed E-state index contributed by atoms with van der Waals surface area (Å²) in [5.41, 5.74) is 4.43. The van der Waals surface area contributed by atoms with Crippen molar-refractivity contribution in [2.24, 2.45) is 0 Å². The van der Waals surface area contributed by atoms with Crippen molar-refractivity contribution in [3.8, 4) is 0 Å². The Bertz CT molecular complexity index is 584. The number of benzene rings is 2. The van der Waals surface area contributed by atoms with Crippen LogP contribution in [0.2, 0.25) is 0 Å². The summed E-state index contributed by atoms with van der Waals surface area (Å²) in [6.07, 6.45) is 0.920. The van der Waals surface area contributed by atoms with Crippen molar-refractivity contribution >= 4 is 27.9 Å². The minimum absolute atomic E-state index is 0.734. The molecular formula is C15H12BrNO. The second-order valence-corrected chi connectivity index (χ2v) is 5.36. The zero-order chi connectivity index (χ0) is 12.5. The van der Waals surface area contributed by atoms with Gasteiger partial charge < -0.3 is 4.90 Å². The summed E-state index contributed by atoms with van der Waals surface area (Å²) in [4.78, 5) is 13.4. The number of hydrogen-bond acceptors (Lipinski definition) is 2. The van der Waals surface area contributed by atoms with E-state index in [1.54, 1.807) is 0 Å². The first kappa shape index (κ1) is 11.5. The zero-order valence-electron chi connectivity index (χ0n) is 9.77. The molecule has 0 bridgehead atoms. The van der Waals surface area contributed by atoms with Crippen LogP contribution in [0.1, 0.15) is 21.5 Å². The van der Waals surface area contributed by atoms with E-state index < -0.39 is 0 Å². The molecule has 1 heterocycles. The maximum absolute atomic E-state index is 11.2. The fourth-order valence-electron chi connectivity index (χ4n) is 2.41. The maximum atomic E-state index is 11.2. The Labute approximate surface area is 114 Å². The van der Waals surface area contributed by atoms with Crippen LogP contribution in [0.5, 0.6) is 0 Å². The van der Waals surface area contributed by atoms with Crippen LogP contribution in [0, 0.1) is 0 Å². The molecule has 0 amide bonds. The van der Waals surface area contributed by atoms with Crippen LogP contribution in [0.3, 0.4) is 0 Å². The molecule has 0 unspecified atom stereocenters. The first-order valence-electron chi connectivity index (χ1n) is 5.84. The summed E-state index contributed by atoms with van der Waals surface area (Å²) in [7, 11) is 0. The van der Waals surface area contributed by atoms with Crippen LogP contribution in [0.25, 0.3) is 0 Å². The standard InChI is InChI=1S/C15H12BrNO/c16-14-5-6-15(13(7-14)10-18)17-8-11-3-1-2-4-12(11)9-17/h1-7,10H,8-9H2. The van der Waals surface area contributed by atoms with E-state index in [0.29, 0.717) is 0 Å². The summed E-state index contributed by atoms with van der Waals surface area (Å²) >= 11 is 3.40. The van der Waals surface area contributed by atoms with Gasteiger partial charge in [0.1, 0.15) is 0 Å². The largest absolute Gasteiger partial charge is 0.362 e. The molecule has 90 valence electrons.